The van der Waals surface area contributed by atoms with Gasteiger partial charge < -0.3 is 15.7 Å². The van der Waals surface area contributed by atoms with E-state index in [0.29, 0.717) is 29.9 Å². The average molecular weight is 382 g/mol. The molecule has 8 heteroatoms. The minimum Gasteiger partial charge on any atom is -0.390 e. The molecule has 3 aromatic heterocycles. The van der Waals surface area contributed by atoms with Crippen molar-refractivity contribution in [2.45, 2.75) is 45.8 Å². The Bertz CT molecular complexity index is 960. The van der Waals surface area contributed by atoms with Crippen LogP contribution >= 0.6 is 0 Å². The molecular formula is C20H26N6O2. The highest BCUT2D eigenvalue weighted by Gasteiger charge is 2.20. The Labute approximate surface area is 164 Å². The van der Waals surface area contributed by atoms with E-state index in [2.05, 4.69) is 25.7 Å². The molecule has 28 heavy (non-hydrogen) atoms. The largest absolute Gasteiger partial charge is 0.390 e. The van der Waals surface area contributed by atoms with Gasteiger partial charge in [0, 0.05) is 30.5 Å². The smallest absolute Gasteiger partial charge is 0.255 e. The van der Waals surface area contributed by atoms with Crippen LogP contribution in [-0.2, 0) is 0 Å². The fourth-order valence-corrected chi connectivity index (χ4v) is 2.78. The predicted octanol–water partition coefficient (Wildman–Crippen LogP) is 2.50. The zero-order chi connectivity index (χ0) is 20.3. The van der Waals surface area contributed by atoms with Crippen molar-refractivity contribution in [3.8, 4) is 11.3 Å². The van der Waals surface area contributed by atoms with E-state index in [1.165, 1.54) is 6.20 Å². The van der Waals surface area contributed by atoms with Gasteiger partial charge in [-0.3, -0.25) is 9.78 Å². The number of carbonyl (C=O) groups is 1. The van der Waals surface area contributed by atoms with Crippen LogP contribution in [0.25, 0.3) is 16.9 Å². The van der Waals surface area contributed by atoms with Crippen LogP contribution in [0.1, 0.15) is 44.5 Å². The van der Waals surface area contributed by atoms with E-state index in [1.54, 1.807) is 30.8 Å². The number of aromatic nitrogens is 4. The molecule has 3 N–H and O–H groups in total. The molecule has 0 bridgehead atoms. The highest BCUT2D eigenvalue weighted by molar-refractivity contribution is 6.02. The molecule has 0 fully saturated rings. The first-order chi connectivity index (χ1) is 13.2. The number of nitrogens with one attached hydrogen (secondary N) is 2. The van der Waals surface area contributed by atoms with Gasteiger partial charge in [0.2, 0.25) is 0 Å². The van der Waals surface area contributed by atoms with Crippen molar-refractivity contribution in [3.05, 3.63) is 42.5 Å². The summed E-state index contributed by atoms with van der Waals surface area (Å²) in [4.78, 5) is 21.5. The summed E-state index contributed by atoms with van der Waals surface area (Å²) in [6.07, 6.45) is 7.24. The van der Waals surface area contributed by atoms with E-state index >= 15 is 0 Å². The summed E-state index contributed by atoms with van der Waals surface area (Å²) in [6.45, 7) is 7.79. The fraction of sp³-hybridized carbons (Fsp3) is 0.400. The minimum atomic E-state index is -0.836. The third-order valence-electron chi connectivity index (χ3n) is 4.17. The molecular weight excluding hydrogens is 356 g/mol. The zero-order valence-corrected chi connectivity index (χ0v) is 16.6. The fourth-order valence-electron chi connectivity index (χ4n) is 2.78. The lowest BCUT2D eigenvalue weighted by atomic mass is 10.1. The number of amides is 1. The normalized spacial score (nSPS) is 11.8. The van der Waals surface area contributed by atoms with Gasteiger partial charge in [-0.15, -0.1) is 0 Å². The molecule has 0 aliphatic heterocycles. The number of aliphatic hydroxyl groups is 1. The maximum absolute atomic E-state index is 12.7. The molecule has 1 amide bonds. The number of imidazole rings is 1. The first kappa shape index (κ1) is 19.8. The SMILES string of the molecule is CC(C)Nc1c(C(=O)NCCC(C)(C)O)cnn2cc(-c3ccncc3)nc12. The van der Waals surface area contributed by atoms with Crippen molar-refractivity contribution in [1.82, 2.24) is 24.9 Å². The van der Waals surface area contributed by atoms with E-state index in [0.717, 1.165) is 11.3 Å². The first-order valence-electron chi connectivity index (χ1n) is 9.30. The molecule has 0 radical (unpaired) electrons. The molecule has 0 aliphatic carbocycles. The van der Waals surface area contributed by atoms with Crippen molar-refractivity contribution in [2.75, 3.05) is 11.9 Å². The second-order valence-corrected chi connectivity index (χ2v) is 7.68. The Hall–Kier alpha value is -3.00. The molecule has 0 saturated carbocycles. The van der Waals surface area contributed by atoms with Crippen molar-refractivity contribution in [3.63, 3.8) is 0 Å². The van der Waals surface area contributed by atoms with E-state index in [1.807, 2.05) is 32.2 Å². The molecule has 0 aliphatic rings. The molecule has 0 atom stereocenters. The van der Waals surface area contributed by atoms with E-state index < -0.39 is 5.60 Å². The van der Waals surface area contributed by atoms with Crippen molar-refractivity contribution in [1.29, 1.82) is 0 Å². The Morgan fingerprint density at radius 2 is 2.00 bits per heavy atom. The number of pyridine rings is 1. The lowest BCUT2D eigenvalue weighted by Gasteiger charge is -2.18. The number of rotatable bonds is 7. The summed E-state index contributed by atoms with van der Waals surface area (Å²) >= 11 is 0. The van der Waals surface area contributed by atoms with Gasteiger partial charge in [0.15, 0.2) is 5.65 Å². The summed E-state index contributed by atoms with van der Waals surface area (Å²) in [6, 6.07) is 3.86. The quantitative estimate of drug-likeness (QED) is 0.580. The second kappa shape index (κ2) is 7.93. The average Bonchev–Trinajstić information content (AvgIpc) is 3.06. The second-order valence-electron chi connectivity index (χ2n) is 7.68. The van der Waals surface area contributed by atoms with Gasteiger partial charge in [-0.25, -0.2) is 9.50 Å². The summed E-state index contributed by atoms with van der Waals surface area (Å²) < 4.78 is 1.66. The number of nitrogens with zero attached hydrogens (tertiary/aromatic N) is 4. The van der Waals surface area contributed by atoms with Crippen LogP contribution in [-0.4, -0.2) is 48.8 Å². The highest BCUT2D eigenvalue weighted by Crippen LogP contribution is 2.25. The van der Waals surface area contributed by atoms with Crippen LogP contribution in [0.3, 0.4) is 0 Å². The van der Waals surface area contributed by atoms with Gasteiger partial charge in [0.25, 0.3) is 5.91 Å². The van der Waals surface area contributed by atoms with Crippen LogP contribution < -0.4 is 10.6 Å². The Morgan fingerprint density at radius 3 is 2.64 bits per heavy atom. The Kier molecular flexibility index (Phi) is 5.60. The van der Waals surface area contributed by atoms with Crippen LogP contribution in [0.15, 0.2) is 36.9 Å². The number of anilines is 1. The summed E-state index contributed by atoms with van der Waals surface area (Å²) in [7, 11) is 0. The predicted molar refractivity (Wildman–Crippen MR) is 108 cm³/mol. The number of carbonyl (C=O) groups excluding carboxylic acids is 1. The van der Waals surface area contributed by atoms with Crippen molar-refractivity contribution in [2.24, 2.45) is 0 Å². The lowest BCUT2D eigenvalue weighted by Crippen LogP contribution is -2.31. The molecule has 3 heterocycles. The van der Waals surface area contributed by atoms with Gasteiger partial charge in [-0.1, -0.05) is 0 Å². The van der Waals surface area contributed by atoms with E-state index in [-0.39, 0.29) is 11.9 Å². The maximum Gasteiger partial charge on any atom is 0.255 e. The van der Waals surface area contributed by atoms with E-state index in [9.17, 15) is 9.90 Å². The molecule has 0 saturated heterocycles. The van der Waals surface area contributed by atoms with Crippen LogP contribution in [0, 0.1) is 0 Å². The minimum absolute atomic E-state index is 0.107. The standard InChI is InChI=1S/C20H26N6O2/c1-13(2)24-17-15(19(27)22-10-7-20(3,4)28)11-23-26-12-16(25-18(17)26)14-5-8-21-9-6-14/h5-6,8-9,11-13,24,28H,7,10H2,1-4H3,(H,22,27). The number of fused-ring (bicyclic) bond motifs is 1. The van der Waals surface area contributed by atoms with Crippen LogP contribution in [0.2, 0.25) is 0 Å². The first-order valence-corrected chi connectivity index (χ1v) is 9.30. The molecule has 3 aromatic rings. The third-order valence-corrected chi connectivity index (χ3v) is 4.17. The van der Waals surface area contributed by atoms with Crippen molar-refractivity contribution >= 4 is 17.2 Å². The Balaban J connectivity index is 1.97. The number of hydrogen-bond acceptors (Lipinski definition) is 6. The van der Waals surface area contributed by atoms with Crippen LogP contribution in [0.4, 0.5) is 5.69 Å². The molecule has 0 aromatic carbocycles. The number of hydrogen-bond donors (Lipinski definition) is 3. The van der Waals surface area contributed by atoms with Gasteiger partial charge in [-0.05, 0) is 46.2 Å². The molecule has 148 valence electrons. The molecule has 3 rings (SSSR count). The molecule has 8 nitrogen and oxygen atoms in total. The highest BCUT2D eigenvalue weighted by atomic mass is 16.3. The lowest BCUT2D eigenvalue weighted by molar-refractivity contribution is 0.0693. The van der Waals surface area contributed by atoms with Gasteiger partial charge in [0.05, 0.1) is 34.9 Å². The monoisotopic (exact) mass is 382 g/mol. The van der Waals surface area contributed by atoms with Crippen LogP contribution in [0.5, 0.6) is 0 Å². The topological polar surface area (TPSA) is 104 Å². The summed E-state index contributed by atoms with van der Waals surface area (Å²) in [5.74, 6) is -0.254. The Morgan fingerprint density at radius 1 is 1.29 bits per heavy atom. The van der Waals surface area contributed by atoms with Gasteiger partial charge >= 0.3 is 0 Å². The van der Waals surface area contributed by atoms with Gasteiger partial charge in [0.1, 0.15) is 0 Å². The van der Waals surface area contributed by atoms with Crippen molar-refractivity contribution < 1.29 is 9.90 Å². The van der Waals surface area contributed by atoms with E-state index in [4.69, 9.17) is 0 Å². The molecule has 0 unspecified atom stereocenters. The van der Waals surface area contributed by atoms with Gasteiger partial charge in [-0.2, -0.15) is 5.10 Å². The summed E-state index contributed by atoms with van der Waals surface area (Å²) in [5.41, 5.74) is 2.47. The zero-order valence-electron chi connectivity index (χ0n) is 16.6. The third kappa shape index (κ3) is 4.64. The maximum atomic E-state index is 12.7. The summed E-state index contributed by atoms with van der Waals surface area (Å²) in [5, 5.41) is 20.4. The molecule has 0 spiro atoms.